The minimum Gasteiger partial charge on any atom is -0.367 e. The van der Waals surface area contributed by atoms with E-state index in [1.165, 1.54) is 0 Å². The van der Waals surface area contributed by atoms with Crippen molar-refractivity contribution in [1.29, 1.82) is 0 Å². The quantitative estimate of drug-likeness (QED) is 0.561. The average molecular weight is 349 g/mol. The minimum atomic E-state index is -0.205. The Balaban J connectivity index is 1.43. The zero-order chi connectivity index (χ0) is 18.2. The zero-order valence-electron chi connectivity index (χ0n) is 14.3. The number of hydrogen-bond acceptors (Lipinski definition) is 7. The number of aryl methyl sites for hydroxylation is 1. The topological polar surface area (TPSA) is 105 Å². The summed E-state index contributed by atoms with van der Waals surface area (Å²) >= 11 is 0. The Labute approximate surface area is 151 Å². The van der Waals surface area contributed by atoms with Crippen molar-refractivity contribution in [3.63, 3.8) is 0 Å². The molecule has 0 saturated heterocycles. The van der Waals surface area contributed by atoms with Crippen LogP contribution in [0.5, 0.6) is 0 Å². The molecule has 0 unspecified atom stereocenters. The first-order valence-corrected chi connectivity index (χ1v) is 8.17. The molecule has 3 heterocycles. The highest BCUT2D eigenvalue weighted by Gasteiger charge is 2.05. The molecule has 3 aromatic rings. The molecule has 0 radical (unpaired) electrons. The van der Waals surface area contributed by atoms with Gasteiger partial charge in [-0.05, 0) is 42.8 Å². The van der Waals surface area contributed by atoms with Crippen molar-refractivity contribution < 1.29 is 4.79 Å². The first-order valence-electron chi connectivity index (χ1n) is 8.17. The lowest BCUT2D eigenvalue weighted by Gasteiger charge is -2.08. The van der Waals surface area contributed by atoms with Gasteiger partial charge in [-0.2, -0.15) is 0 Å². The van der Waals surface area contributed by atoms with Crippen LogP contribution in [0.2, 0.25) is 0 Å². The molecule has 132 valence electrons. The molecule has 1 amide bonds. The minimum absolute atomic E-state index is 0.205. The fourth-order valence-electron chi connectivity index (χ4n) is 2.12. The van der Waals surface area contributed by atoms with Gasteiger partial charge in [-0.1, -0.05) is 12.1 Å². The number of carbonyl (C=O) groups excluding carboxylic acids is 1. The van der Waals surface area contributed by atoms with E-state index in [0.29, 0.717) is 36.2 Å². The highest BCUT2D eigenvalue weighted by Crippen LogP contribution is 2.12. The van der Waals surface area contributed by atoms with Crippen LogP contribution in [0, 0.1) is 6.92 Å². The lowest BCUT2D eigenvalue weighted by Crippen LogP contribution is -2.29. The van der Waals surface area contributed by atoms with Crippen molar-refractivity contribution in [2.24, 2.45) is 0 Å². The van der Waals surface area contributed by atoms with Crippen LogP contribution in [-0.4, -0.2) is 39.2 Å². The van der Waals surface area contributed by atoms with Crippen LogP contribution in [0.15, 0.2) is 54.9 Å². The van der Waals surface area contributed by atoms with Crippen molar-refractivity contribution >= 4 is 23.4 Å². The largest absolute Gasteiger partial charge is 0.367 e. The van der Waals surface area contributed by atoms with Gasteiger partial charge in [0, 0.05) is 25.5 Å². The molecule has 0 atom stereocenters. The summed E-state index contributed by atoms with van der Waals surface area (Å²) in [6.07, 6.45) is 3.37. The highest BCUT2D eigenvalue weighted by atomic mass is 16.1. The fraction of sp³-hybridized carbons (Fsp3) is 0.167. The Kier molecular flexibility index (Phi) is 5.66. The van der Waals surface area contributed by atoms with Gasteiger partial charge in [-0.15, -0.1) is 10.2 Å². The van der Waals surface area contributed by atoms with Crippen LogP contribution in [0.25, 0.3) is 0 Å². The Morgan fingerprint density at radius 3 is 2.42 bits per heavy atom. The Morgan fingerprint density at radius 2 is 1.73 bits per heavy atom. The molecular formula is C18H19N7O. The van der Waals surface area contributed by atoms with E-state index in [1.807, 2.05) is 31.2 Å². The molecule has 0 saturated carbocycles. The van der Waals surface area contributed by atoms with Crippen LogP contribution in [0.1, 0.15) is 16.1 Å². The van der Waals surface area contributed by atoms with E-state index in [4.69, 9.17) is 0 Å². The summed E-state index contributed by atoms with van der Waals surface area (Å²) in [5, 5.41) is 17.2. The Morgan fingerprint density at radius 1 is 0.923 bits per heavy atom. The van der Waals surface area contributed by atoms with E-state index in [9.17, 15) is 4.79 Å². The standard InChI is InChI=1S/C18H19N7O/c1-13-5-6-15(22-12-13)23-17-8-7-16(24-25-17)20-10-11-21-18(26)14-4-2-3-9-19-14/h2-9,12H,10-11H2,1H3,(H,20,24)(H,21,26)(H,22,23,25). The van der Waals surface area contributed by atoms with E-state index in [1.54, 1.807) is 30.6 Å². The van der Waals surface area contributed by atoms with Crippen LogP contribution < -0.4 is 16.0 Å². The molecule has 3 aromatic heterocycles. The van der Waals surface area contributed by atoms with Crippen molar-refractivity contribution in [3.8, 4) is 0 Å². The number of nitrogens with one attached hydrogen (secondary N) is 3. The molecule has 0 bridgehead atoms. The van der Waals surface area contributed by atoms with E-state index < -0.39 is 0 Å². The van der Waals surface area contributed by atoms with Crippen molar-refractivity contribution in [2.75, 3.05) is 23.7 Å². The van der Waals surface area contributed by atoms with Crippen LogP contribution in [0.4, 0.5) is 17.5 Å². The predicted octanol–water partition coefficient (Wildman–Crippen LogP) is 2.16. The maximum atomic E-state index is 11.9. The molecule has 3 rings (SSSR count). The van der Waals surface area contributed by atoms with Gasteiger partial charge in [0.15, 0.2) is 5.82 Å². The number of carbonyl (C=O) groups is 1. The van der Waals surface area contributed by atoms with Gasteiger partial charge in [0.25, 0.3) is 5.91 Å². The molecule has 26 heavy (non-hydrogen) atoms. The lowest BCUT2D eigenvalue weighted by molar-refractivity contribution is 0.0950. The first-order chi connectivity index (χ1) is 12.7. The van der Waals surface area contributed by atoms with Crippen LogP contribution >= 0.6 is 0 Å². The van der Waals surface area contributed by atoms with Crippen molar-refractivity contribution in [1.82, 2.24) is 25.5 Å². The second-order valence-electron chi connectivity index (χ2n) is 5.55. The van der Waals surface area contributed by atoms with Gasteiger partial charge < -0.3 is 16.0 Å². The molecule has 0 spiro atoms. The average Bonchev–Trinajstić information content (AvgIpc) is 2.69. The molecule has 8 heteroatoms. The third-order valence-electron chi connectivity index (χ3n) is 3.45. The van der Waals surface area contributed by atoms with Crippen LogP contribution in [-0.2, 0) is 0 Å². The molecule has 0 aliphatic carbocycles. The predicted molar refractivity (Wildman–Crippen MR) is 99.3 cm³/mol. The summed E-state index contributed by atoms with van der Waals surface area (Å²) in [5.41, 5.74) is 1.49. The maximum Gasteiger partial charge on any atom is 0.269 e. The monoisotopic (exact) mass is 349 g/mol. The smallest absolute Gasteiger partial charge is 0.269 e. The summed E-state index contributed by atoms with van der Waals surface area (Å²) in [6.45, 7) is 2.96. The number of nitrogens with zero attached hydrogens (tertiary/aromatic N) is 4. The first kappa shape index (κ1) is 17.3. The summed E-state index contributed by atoms with van der Waals surface area (Å²) < 4.78 is 0. The number of rotatable bonds is 7. The normalized spacial score (nSPS) is 10.2. The number of amides is 1. The van der Waals surface area contributed by atoms with Gasteiger partial charge in [-0.3, -0.25) is 9.78 Å². The van der Waals surface area contributed by atoms with Gasteiger partial charge in [-0.25, -0.2) is 4.98 Å². The molecule has 8 nitrogen and oxygen atoms in total. The van der Waals surface area contributed by atoms with E-state index in [0.717, 1.165) is 5.56 Å². The Bertz CT molecular complexity index is 836. The third kappa shape index (κ3) is 4.97. The molecule has 0 fully saturated rings. The van der Waals surface area contributed by atoms with Gasteiger partial charge in [0.2, 0.25) is 0 Å². The Hall–Kier alpha value is -3.55. The lowest BCUT2D eigenvalue weighted by atomic mass is 10.3. The second-order valence-corrected chi connectivity index (χ2v) is 5.55. The van der Waals surface area contributed by atoms with Gasteiger partial charge in [0.1, 0.15) is 17.3 Å². The second kappa shape index (κ2) is 8.52. The molecule has 0 aliphatic heterocycles. The van der Waals surface area contributed by atoms with Gasteiger partial charge >= 0.3 is 0 Å². The maximum absolute atomic E-state index is 11.9. The van der Waals surface area contributed by atoms with Crippen molar-refractivity contribution in [2.45, 2.75) is 6.92 Å². The van der Waals surface area contributed by atoms with E-state index >= 15 is 0 Å². The zero-order valence-corrected chi connectivity index (χ0v) is 14.3. The number of pyridine rings is 2. The fourth-order valence-corrected chi connectivity index (χ4v) is 2.12. The third-order valence-corrected chi connectivity index (χ3v) is 3.45. The van der Waals surface area contributed by atoms with Crippen molar-refractivity contribution in [3.05, 3.63) is 66.1 Å². The molecule has 0 aromatic carbocycles. The van der Waals surface area contributed by atoms with E-state index in [2.05, 4.69) is 36.1 Å². The SMILES string of the molecule is Cc1ccc(Nc2ccc(NCCNC(=O)c3ccccn3)nn2)nc1. The summed E-state index contributed by atoms with van der Waals surface area (Å²) in [4.78, 5) is 20.1. The molecule has 0 aliphatic rings. The summed E-state index contributed by atoms with van der Waals surface area (Å²) in [5.74, 6) is 1.74. The molecule has 3 N–H and O–H groups in total. The number of anilines is 3. The number of hydrogen-bond donors (Lipinski definition) is 3. The highest BCUT2D eigenvalue weighted by molar-refractivity contribution is 5.92. The van der Waals surface area contributed by atoms with Crippen LogP contribution in [0.3, 0.4) is 0 Å². The number of aromatic nitrogens is 4. The van der Waals surface area contributed by atoms with E-state index in [-0.39, 0.29) is 5.91 Å². The molecular weight excluding hydrogens is 330 g/mol. The summed E-state index contributed by atoms with van der Waals surface area (Å²) in [7, 11) is 0. The van der Waals surface area contributed by atoms with Gasteiger partial charge in [0.05, 0.1) is 0 Å². The summed E-state index contributed by atoms with van der Waals surface area (Å²) in [6, 6.07) is 12.7.